The van der Waals surface area contributed by atoms with Gasteiger partial charge >= 0.3 is 0 Å². The Morgan fingerprint density at radius 1 is 1.35 bits per heavy atom. The highest BCUT2D eigenvalue weighted by Crippen LogP contribution is 2.27. The third-order valence-electron chi connectivity index (χ3n) is 5.05. The maximum Gasteiger partial charge on any atom is 0.258 e. The molecule has 0 unspecified atom stereocenters. The number of aliphatic hydroxyl groups is 1. The van der Waals surface area contributed by atoms with Crippen molar-refractivity contribution < 1.29 is 5.11 Å². The van der Waals surface area contributed by atoms with Gasteiger partial charge in [0.2, 0.25) is 0 Å². The average Bonchev–Trinajstić information content (AvgIpc) is 2.56. The van der Waals surface area contributed by atoms with E-state index in [1.807, 2.05) is 19.1 Å². The van der Waals surface area contributed by atoms with Crippen LogP contribution in [0.4, 0.5) is 0 Å². The second-order valence-corrected chi connectivity index (χ2v) is 6.74. The van der Waals surface area contributed by atoms with E-state index >= 15 is 0 Å². The van der Waals surface area contributed by atoms with Crippen LogP contribution in [-0.2, 0) is 6.54 Å². The first-order valence-electron chi connectivity index (χ1n) is 8.37. The maximum absolute atomic E-state index is 12.3. The molecule has 0 bridgehead atoms. The number of aliphatic hydroxyl groups excluding tert-OH is 1. The monoisotopic (exact) mass is 315 g/mol. The minimum absolute atomic E-state index is 0.0221. The number of pyridine rings is 1. The van der Waals surface area contributed by atoms with Crippen molar-refractivity contribution >= 4 is 5.65 Å². The Morgan fingerprint density at radius 2 is 2.09 bits per heavy atom. The van der Waals surface area contributed by atoms with Gasteiger partial charge in [-0.2, -0.15) is 0 Å². The molecular formula is C18H25N3O2. The molecule has 2 heterocycles. The minimum Gasteiger partial charge on any atom is -0.396 e. The molecule has 1 fully saturated rings. The van der Waals surface area contributed by atoms with Crippen molar-refractivity contribution in [2.24, 2.45) is 5.92 Å². The molecule has 2 aromatic heterocycles. The molecule has 5 heteroatoms. The lowest BCUT2D eigenvalue weighted by atomic mass is 9.86. The number of hydrogen-bond acceptors (Lipinski definition) is 4. The molecule has 0 spiro atoms. The fourth-order valence-electron chi connectivity index (χ4n) is 3.54. The SMILES string of the molecule is Cc1cccn2c(=O)cc(CN(C)C3CCC(CO)CC3)nc12. The molecule has 3 rings (SSSR count). The van der Waals surface area contributed by atoms with Crippen LogP contribution in [0.5, 0.6) is 0 Å². The highest BCUT2D eigenvalue weighted by Gasteiger charge is 2.23. The fourth-order valence-corrected chi connectivity index (χ4v) is 3.54. The van der Waals surface area contributed by atoms with Gasteiger partial charge in [-0.15, -0.1) is 0 Å². The van der Waals surface area contributed by atoms with Crippen LogP contribution in [0.15, 0.2) is 29.2 Å². The van der Waals surface area contributed by atoms with E-state index in [1.54, 1.807) is 16.7 Å². The Morgan fingerprint density at radius 3 is 2.78 bits per heavy atom. The van der Waals surface area contributed by atoms with Gasteiger partial charge in [0, 0.05) is 31.5 Å². The molecule has 1 N–H and O–H groups in total. The predicted octanol–water partition coefficient (Wildman–Crippen LogP) is 1.99. The first kappa shape index (κ1) is 16.1. The summed E-state index contributed by atoms with van der Waals surface area (Å²) in [6, 6.07) is 6.00. The molecule has 124 valence electrons. The van der Waals surface area contributed by atoms with Crippen LogP contribution in [0.3, 0.4) is 0 Å². The molecule has 2 aromatic rings. The van der Waals surface area contributed by atoms with Gasteiger partial charge in [-0.1, -0.05) is 6.07 Å². The van der Waals surface area contributed by atoms with E-state index < -0.39 is 0 Å². The van der Waals surface area contributed by atoms with E-state index in [0.29, 0.717) is 25.1 Å². The number of fused-ring (bicyclic) bond motifs is 1. The average molecular weight is 315 g/mol. The third-order valence-corrected chi connectivity index (χ3v) is 5.05. The van der Waals surface area contributed by atoms with Crippen molar-refractivity contribution in [3.8, 4) is 0 Å². The zero-order chi connectivity index (χ0) is 16.4. The van der Waals surface area contributed by atoms with Crippen molar-refractivity contribution in [1.82, 2.24) is 14.3 Å². The Balaban J connectivity index is 1.76. The summed E-state index contributed by atoms with van der Waals surface area (Å²) >= 11 is 0. The van der Waals surface area contributed by atoms with Crippen LogP contribution in [-0.4, -0.2) is 39.1 Å². The van der Waals surface area contributed by atoms with Gasteiger partial charge in [-0.05, 0) is 57.2 Å². The quantitative estimate of drug-likeness (QED) is 0.937. The molecule has 1 saturated carbocycles. The standard InChI is InChI=1S/C18H25N3O2/c1-13-4-3-9-21-17(23)10-15(19-18(13)21)11-20(2)16-7-5-14(12-22)6-8-16/h3-4,9-10,14,16,22H,5-8,11-12H2,1-2H3. The summed E-state index contributed by atoms with van der Waals surface area (Å²) in [6.07, 6.45) is 6.14. The van der Waals surface area contributed by atoms with Gasteiger partial charge < -0.3 is 5.11 Å². The molecule has 0 aliphatic heterocycles. The van der Waals surface area contributed by atoms with Crippen LogP contribution < -0.4 is 5.56 Å². The zero-order valence-corrected chi connectivity index (χ0v) is 13.9. The van der Waals surface area contributed by atoms with E-state index in [4.69, 9.17) is 0 Å². The van der Waals surface area contributed by atoms with Crippen LogP contribution in [0.1, 0.15) is 36.9 Å². The van der Waals surface area contributed by atoms with Gasteiger partial charge in [0.15, 0.2) is 0 Å². The van der Waals surface area contributed by atoms with Crippen molar-refractivity contribution in [3.05, 3.63) is 46.0 Å². The Labute approximate surface area is 136 Å². The molecule has 0 amide bonds. The summed E-state index contributed by atoms with van der Waals surface area (Å²) < 4.78 is 1.60. The van der Waals surface area contributed by atoms with Crippen molar-refractivity contribution in [2.75, 3.05) is 13.7 Å². The van der Waals surface area contributed by atoms with Crippen molar-refractivity contribution in [1.29, 1.82) is 0 Å². The van der Waals surface area contributed by atoms with Crippen LogP contribution in [0.2, 0.25) is 0 Å². The second kappa shape index (κ2) is 6.81. The Hall–Kier alpha value is -1.72. The summed E-state index contributed by atoms with van der Waals surface area (Å²) in [5.41, 5.74) is 2.56. The number of aryl methyl sites for hydroxylation is 1. The Kier molecular flexibility index (Phi) is 4.78. The maximum atomic E-state index is 12.3. The molecule has 1 aliphatic rings. The zero-order valence-electron chi connectivity index (χ0n) is 13.9. The summed E-state index contributed by atoms with van der Waals surface area (Å²) in [5, 5.41) is 9.25. The second-order valence-electron chi connectivity index (χ2n) is 6.74. The molecule has 5 nitrogen and oxygen atoms in total. The highest BCUT2D eigenvalue weighted by molar-refractivity contribution is 5.46. The van der Waals surface area contributed by atoms with Crippen molar-refractivity contribution in [2.45, 2.75) is 45.2 Å². The van der Waals surface area contributed by atoms with E-state index in [2.05, 4.69) is 16.9 Å². The minimum atomic E-state index is -0.0221. The van der Waals surface area contributed by atoms with Crippen LogP contribution in [0.25, 0.3) is 5.65 Å². The number of hydrogen-bond donors (Lipinski definition) is 1. The van der Waals surface area contributed by atoms with Gasteiger partial charge in [-0.3, -0.25) is 14.1 Å². The number of aromatic nitrogens is 2. The topological polar surface area (TPSA) is 57.8 Å². The molecule has 0 atom stereocenters. The summed E-state index contributed by atoms with van der Waals surface area (Å²) in [7, 11) is 2.10. The van der Waals surface area contributed by atoms with E-state index in [9.17, 15) is 9.90 Å². The molecule has 0 saturated heterocycles. The first-order chi connectivity index (χ1) is 11.1. The Bertz CT molecular complexity index is 733. The van der Waals surface area contributed by atoms with Gasteiger partial charge in [-0.25, -0.2) is 4.98 Å². The smallest absolute Gasteiger partial charge is 0.258 e. The van der Waals surface area contributed by atoms with Crippen LogP contribution >= 0.6 is 0 Å². The number of rotatable bonds is 4. The van der Waals surface area contributed by atoms with Crippen LogP contribution in [0, 0.1) is 12.8 Å². The molecule has 0 radical (unpaired) electrons. The lowest BCUT2D eigenvalue weighted by Gasteiger charge is -2.34. The molecule has 1 aliphatic carbocycles. The third kappa shape index (κ3) is 3.46. The molecule has 23 heavy (non-hydrogen) atoms. The van der Waals surface area contributed by atoms with Crippen molar-refractivity contribution in [3.63, 3.8) is 0 Å². The predicted molar refractivity (Wildman–Crippen MR) is 90.5 cm³/mol. The van der Waals surface area contributed by atoms with Gasteiger partial charge in [0.1, 0.15) is 5.65 Å². The van der Waals surface area contributed by atoms with Gasteiger partial charge in [0.05, 0.1) is 5.69 Å². The lowest BCUT2D eigenvalue weighted by molar-refractivity contribution is 0.123. The molecular weight excluding hydrogens is 290 g/mol. The van der Waals surface area contributed by atoms with E-state index in [-0.39, 0.29) is 5.56 Å². The largest absolute Gasteiger partial charge is 0.396 e. The fraction of sp³-hybridized carbons (Fsp3) is 0.556. The highest BCUT2D eigenvalue weighted by atomic mass is 16.3. The lowest BCUT2D eigenvalue weighted by Crippen LogP contribution is -2.36. The molecule has 0 aromatic carbocycles. The van der Waals surface area contributed by atoms with E-state index in [0.717, 1.165) is 42.6 Å². The summed E-state index contributed by atoms with van der Waals surface area (Å²) in [5.74, 6) is 0.464. The summed E-state index contributed by atoms with van der Waals surface area (Å²) in [4.78, 5) is 19.2. The van der Waals surface area contributed by atoms with Gasteiger partial charge in [0.25, 0.3) is 5.56 Å². The normalized spacial score (nSPS) is 21.9. The van der Waals surface area contributed by atoms with E-state index in [1.165, 1.54) is 0 Å². The first-order valence-corrected chi connectivity index (χ1v) is 8.37. The number of nitrogens with zero attached hydrogens (tertiary/aromatic N) is 3. The summed E-state index contributed by atoms with van der Waals surface area (Å²) in [6.45, 7) is 2.97.